The molecule has 5 heterocycles. The van der Waals surface area contributed by atoms with Gasteiger partial charge in [-0.05, 0) is 48.7 Å². The van der Waals surface area contributed by atoms with Crippen molar-refractivity contribution >= 4 is 23.2 Å². The number of likely N-dealkylation sites (tertiary alicyclic amines) is 1. The largest absolute Gasteiger partial charge is 0.450 e. The standard InChI is InChI=1S/C27H30N6O3/c1-2-36-27(35)31-12-9-19(10-13-31)22-4-3-11-33-25(22)29-24(30-33)14-18-5-7-20(8-6-18)26(34)32-16-21-15-28-23(21)17-32/h3-9,11,21,23,28H,2,10,12-17H2,1H3/t21-,23+/m1/s1. The summed E-state index contributed by atoms with van der Waals surface area (Å²) < 4.78 is 6.93. The lowest BCUT2D eigenvalue weighted by Crippen LogP contribution is -2.51. The zero-order valence-corrected chi connectivity index (χ0v) is 20.4. The fourth-order valence-electron chi connectivity index (χ4n) is 5.32. The van der Waals surface area contributed by atoms with Crippen molar-refractivity contribution in [3.05, 3.63) is 71.2 Å². The van der Waals surface area contributed by atoms with Crippen molar-refractivity contribution in [2.75, 3.05) is 39.3 Å². The van der Waals surface area contributed by atoms with Crippen LogP contribution in [0, 0.1) is 5.92 Å². The van der Waals surface area contributed by atoms with Gasteiger partial charge in [-0.3, -0.25) is 4.79 Å². The van der Waals surface area contributed by atoms with E-state index in [9.17, 15) is 9.59 Å². The Morgan fingerprint density at radius 2 is 2.00 bits per heavy atom. The third-order valence-electron chi connectivity index (χ3n) is 7.42. The Balaban J connectivity index is 1.15. The molecule has 36 heavy (non-hydrogen) atoms. The molecule has 0 saturated carbocycles. The normalized spacial score (nSPS) is 21.2. The number of carbonyl (C=O) groups excluding carboxylic acids is 2. The molecule has 186 valence electrons. The molecular weight excluding hydrogens is 456 g/mol. The molecule has 9 heteroatoms. The van der Waals surface area contributed by atoms with Gasteiger partial charge in [-0.25, -0.2) is 14.3 Å². The van der Waals surface area contributed by atoms with Gasteiger partial charge in [0.2, 0.25) is 0 Å². The maximum absolute atomic E-state index is 12.9. The van der Waals surface area contributed by atoms with E-state index in [1.165, 1.54) is 0 Å². The Hall–Kier alpha value is -3.72. The van der Waals surface area contributed by atoms with Crippen LogP contribution in [0.4, 0.5) is 4.79 Å². The minimum absolute atomic E-state index is 0.107. The topological polar surface area (TPSA) is 92.1 Å². The lowest BCUT2D eigenvalue weighted by Gasteiger charge is -2.29. The van der Waals surface area contributed by atoms with E-state index in [1.54, 1.807) is 4.90 Å². The van der Waals surface area contributed by atoms with Crippen LogP contribution in [0.2, 0.25) is 0 Å². The lowest BCUT2D eigenvalue weighted by atomic mass is 9.96. The fraction of sp³-hybridized carbons (Fsp3) is 0.407. The van der Waals surface area contributed by atoms with E-state index < -0.39 is 0 Å². The monoisotopic (exact) mass is 486 g/mol. The van der Waals surface area contributed by atoms with Gasteiger partial charge < -0.3 is 19.9 Å². The summed E-state index contributed by atoms with van der Waals surface area (Å²) in [7, 11) is 0. The number of aromatic nitrogens is 3. The summed E-state index contributed by atoms with van der Waals surface area (Å²) >= 11 is 0. The van der Waals surface area contributed by atoms with Gasteiger partial charge in [-0.15, -0.1) is 0 Å². The third kappa shape index (κ3) is 4.24. The number of ether oxygens (including phenoxy) is 1. The molecule has 2 saturated heterocycles. The lowest BCUT2D eigenvalue weighted by molar-refractivity contribution is 0.0789. The summed E-state index contributed by atoms with van der Waals surface area (Å²) in [5.41, 5.74) is 4.80. The second kappa shape index (κ2) is 9.39. The van der Waals surface area contributed by atoms with Crippen LogP contribution in [0.25, 0.3) is 11.2 Å². The first-order chi connectivity index (χ1) is 17.6. The highest BCUT2D eigenvalue weighted by molar-refractivity contribution is 5.94. The average molecular weight is 487 g/mol. The van der Waals surface area contributed by atoms with E-state index in [0.717, 1.165) is 59.8 Å². The molecular formula is C27H30N6O3. The van der Waals surface area contributed by atoms with Crippen LogP contribution in [0.3, 0.4) is 0 Å². The van der Waals surface area contributed by atoms with Crippen LogP contribution in [0.5, 0.6) is 0 Å². The van der Waals surface area contributed by atoms with Crippen LogP contribution in [0.1, 0.15) is 40.7 Å². The SMILES string of the molecule is CCOC(=O)N1CC=C(c2cccn3nc(Cc4ccc(C(=O)N5C[C@H]6CN[C@H]6C5)cc4)nc23)CC1. The first-order valence-corrected chi connectivity index (χ1v) is 12.7. The second-order valence-electron chi connectivity index (χ2n) is 9.70. The number of benzene rings is 1. The van der Waals surface area contributed by atoms with Crippen molar-refractivity contribution in [2.45, 2.75) is 25.8 Å². The van der Waals surface area contributed by atoms with Gasteiger partial charge in [-0.1, -0.05) is 18.2 Å². The van der Waals surface area contributed by atoms with E-state index in [1.807, 2.05) is 52.9 Å². The number of pyridine rings is 1. The molecule has 0 radical (unpaired) electrons. The molecule has 3 aliphatic rings. The van der Waals surface area contributed by atoms with Gasteiger partial charge in [0.1, 0.15) is 0 Å². The molecule has 2 atom stereocenters. The van der Waals surface area contributed by atoms with Crippen LogP contribution < -0.4 is 5.32 Å². The molecule has 6 rings (SSSR count). The first kappa shape index (κ1) is 22.7. The summed E-state index contributed by atoms with van der Waals surface area (Å²) in [4.78, 5) is 33.4. The van der Waals surface area contributed by atoms with E-state index >= 15 is 0 Å². The highest BCUT2D eigenvalue weighted by atomic mass is 16.6. The summed E-state index contributed by atoms with van der Waals surface area (Å²) in [6, 6.07) is 12.3. The van der Waals surface area contributed by atoms with Gasteiger partial charge in [0.15, 0.2) is 11.5 Å². The average Bonchev–Trinajstić information content (AvgIpc) is 3.43. The van der Waals surface area contributed by atoms with Crippen LogP contribution in [-0.4, -0.2) is 81.8 Å². The molecule has 2 fully saturated rings. The molecule has 0 unspecified atom stereocenters. The summed E-state index contributed by atoms with van der Waals surface area (Å²) in [6.07, 6.45) is 5.03. The minimum Gasteiger partial charge on any atom is -0.450 e. The van der Waals surface area contributed by atoms with Gasteiger partial charge in [0, 0.05) is 68.4 Å². The van der Waals surface area contributed by atoms with Crippen LogP contribution >= 0.6 is 0 Å². The number of rotatable bonds is 5. The quantitative estimate of drug-likeness (QED) is 0.596. The van der Waals surface area contributed by atoms with Crippen molar-refractivity contribution in [1.82, 2.24) is 29.7 Å². The number of hydrogen-bond donors (Lipinski definition) is 1. The van der Waals surface area contributed by atoms with Crippen LogP contribution in [0.15, 0.2) is 48.7 Å². The number of fused-ring (bicyclic) bond motifs is 2. The molecule has 0 aliphatic carbocycles. The Bertz CT molecular complexity index is 1320. The molecule has 3 aliphatic heterocycles. The molecule has 9 nitrogen and oxygen atoms in total. The van der Waals surface area contributed by atoms with Gasteiger partial charge in [0.05, 0.1) is 6.61 Å². The Labute approximate surface area is 209 Å². The molecule has 1 aromatic carbocycles. The molecule has 0 spiro atoms. The Morgan fingerprint density at radius 3 is 2.67 bits per heavy atom. The van der Waals surface area contributed by atoms with Crippen molar-refractivity contribution in [1.29, 1.82) is 0 Å². The highest BCUT2D eigenvalue weighted by Crippen LogP contribution is 2.27. The van der Waals surface area contributed by atoms with E-state index in [0.29, 0.717) is 38.1 Å². The van der Waals surface area contributed by atoms with Crippen molar-refractivity contribution in [3.63, 3.8) is 0 Å². The number of nitrogens with one attached hydrogen (secondary N) is 1. The molecule has 0 bridgehead atoms. The maximum atomic E-state index is 12.9. The van der Waals surface area contributed by atoms with Gasteiger partial charge >= 0.3 is 6.09 Å². The van der Waals surface area contributed by atoms with E-state index in [-0.39, 0.29) is 12.0 Å². The van der Waals surface area contributed by atoms with Gasteiger partial charge in [0.25, 0.3) is 5.91 Å². The van der Waals surface area contributed by atoms with Crippen molar-refractivity contribution in [2.24, 2.45) is 5.92 Å². The second-order valence-corrected chi connectivity index (χ2v) is 9.70. The summed E-state index contributed by atoms with van der Waals surface area (Å²) in [5, 5.41) is 8.08. The van der Waals surface area contributed by atoms with Crippen molar-refractivity contribution in [3.8, 4) is 0 Å². The number of amides is 2. The van der Waals surface area contributed by atoms with E-state index in [2.05, 4.69) is 22.6 Å². The molecule has 3 aromatic rings. The number of hydrogen-bond acceptors (Lipinski definition) is 6. The third-order valence-corrected chi connectivity index (χ3v) is 7.42. The maximum Gasteiger partial charge on any atom is 0.410 e. The Kier molecular flexibility index (Phi) is 5.92. The predicted octanol–water partition coefficient (Wildman–Crippen LogP) is 2.61. The van der Waals surface area contributed by atoms with E-state index in [4.69, 9.17) is 9.72 Å². The van der Waals surface area contributed by atoms with Crippen LogP contribution in [-0.2, 0) is 11.2 Å². The zero-order valence-electron chi connectivity index (χ0n) is 20.4. The smallest absolute Gasteiger partial charge is 0.410 e. The first-order valence-electron chi connectivity index (χ1n) is 12.7. The Morgan fingerprint density at radius 1 is 1.14 bits per heavy atom. The predicted molar refractivity (Wildman–Crippen MR) is 135 cm³/mol. The fourth-order valence-corrected chi connectivity index (χ4v) is 5.32. The summed E-state index contributed by atoms with van der Waals surface area (Å²) in [5.74, 6) is 1.45. The highest BCUT2D eigenvalue weighted by Gasteiger charge is 2.40. The van der Waals surface area contributed by atoms with Gasteiger partial charge in [-0.2, -0.15) is 5.10 Å². The molecule has 2 aromatic heterocycles. The van der Waals surface area contributed by atoms with Crippen molar-refractivity contribution < 1.29 is 14.3 Å². The number of nitrogens with zero attached hydrogens (tertiary/aromatic N) is 5. The molecule has 2 amide bonds. The zero-order chi connectivity index (χ0) is 24.6. The molecule has 1 N–H and O–H groups in total. The summed E-state index contributed by atoms with van der Waals surface area (Å²) in [6.45, 7) is 6.01. The number of carbonyl (C=O) groups is 2. The minimum atomic E-state index is -0.270.